The Labute approximate surface area is 220 Å². The number of halogens is 1. The molecule has 10 heteroatoms. The van der Waals surface area contributed by atoms with Gasteiger partial charge < -0.3 is 5.32 Å². The topological polar surface area (TPSA) is 121 Å². The summed E-state index contributed by atoms with van der Waals surface area (Å²) in [7, 11) is -3.99. The molecule has 0 saturated carbocycles. The first-order valence-electron chi connectivity index (χ1n) is 11.8. The van der Waals surface area contributed by atoms with Gasteiger partial charge in [-0.15, -0.1) is 11.6 Å². The molecule has 3 amide bonds. The number of benzene rings is 3. The van der Waals surface area contributed by atoms with Gasteiger partial charge in [-0.3, -0.25) is 24.4 Å². The van der Waals surface area contributed by atoms with Crippen LogP contribution in [0.4, 0.5) is 11.4 Å². The second-order valence-corrected chi connectivity index (χ2v) is 10.8. The van der Waals surface area contributed by atoms with Crippen LogP contribution in [0.25, 0.3) is 0 Å². The first kappa shape index (κ1) is 26.4. The third-order valence-electron chi connectivity index (χ3n) is 6.00. The molecule has 3 N–H and O–H groups in total. The van der Waals surface area contributed by atoms with Crippen molar-refractivity contribution in [3.63, 3.8) is 0 Å². The van der Waals surface area contributed by atoms with Gasteiger partial charge in [-0.05, 0) is 72.9 Å². The minimum absolute atomic E-state index is 0.0341. The summed E-state index contributed by atoms with van der Waals surface area (Å²) in [5.41, 5.74) is 2.76. The molecule has 1 aliphatic rings. The second kappa shape index (κ2) is 11.6. The predicted octanol–water partition coefficient (Wildman–Crippen LogP) is 4.43. The highest BCUT2D eigenvalue weighted by Gasteiger charge is 2.28. The highest BCUT2D eigenvalue weighted by atomic mass is 35.5. The maximum absolute atomic E-state index is 13.1. The number of aryl methyl sites for hydroxylation is 1. The van der Waals surface area contributed by atoms with Gasteiger partial charge in [-0.25, -0.2) is 8.42 Å². The molecule has 0 radical (unpaired) electrons. The Bertz CT molecular complexity index is 1420. The van der Waals surface area contributed by atoms with E-state index in [0.29, 0.717) is 29.1 Å². The van der Waals surface area contributed by atoms with Crippen molar-refractivity contribution in [2.75, 3.05) is 15.9 Å². The lowest BCUT2D eigenvalue weighted by atomic mass is 9.90. The molecule has 1 unspecified atom stereocenters. The Morgan fingerprint density at radius 1 is 0.973 bits per heavy atom. The second-order valence-electron chi connectivity index (χ2n) is 8.71. The molecule has 192 valence electrons. The smallest absolute Gasteiger partial charge is 0.261 e. The molecule has 1 fully saturated rings. The number of imide groups is 1. The summed E-state index contributed by atoms with van der Waals surface area (Å²) in [5.74, 6) is -1.03. The molecule has 1 atom stereocenters. The first-order chi connectivity index (χ1) is 17.7. The summed E-state index contributed by atoms with van der Waals surface area (Å²) in [5, 5.41) is 5.04. The standard InChI is InChI=1S/C27H26ClN3O5S/c28-15-3-4-18-9-11-19(12-10-18)26(33)29-21-6-2-8-23(17-21)37(35,36)31-22-7-1-5-20(16-22)24-13-14-25(32)30-27(24)34/h1-2,5-12,16-17,24,31H,3-4,13-15H2,(H,29,33)(H,30,32,34). The van der Waals surface area contributed by atoms with Gasteiger partial charge >= 0.3 is 0 Å². The van der Waals surface area contributed by atoms with Gasteiger partial charge in [0.2, 0.25) is 11.8 Å². The van der Waals surface area contributed by atoms with Crippen molar-refractivity contribution in [2.45, 2.75) is 36.5 Å². The fraction of sp³-hybridized carbons (Fsp3) is 0.222. The molecule has 37 heavy (non-hydrogen) atoms. The molecule has 0 spiro atoms. The van der Waals surface area contributed by atoms with Crippen molar-refractivity contribution in [3.8, 4) is 0 Å². The highest BCUT2D eigenvalue weighted by Crippen LogP contribution is 2.28. The molecule has 3 aromatic rings. The van der Waals surface area contributed by atoms with E-state index in [9.17, 15) is 22.8 Å². The molecular weight excluding hydrogens is 514 g/mol. The minimum atomic E-state index is -3.99. The number of anilines is 2. The van der Waals surface area contributed by atoms with Crippen molar-refractivity contribution in [1.82, 2.24) is 5.32 Å². The Balaban J connectivity index is 1.46. The fourth-order valence-corrected chi connectivity index (χ4v) is 5.31. The molecule has 4 rings (SSSR count). The van der Waals surface area contributed by atoms with E-state index in [4.69, 9.17) is 11.6 Å². The van der Waals surface area contributed by atoms with E-state index in [2.05, 4.69) is 15.4 Å². The zero-order chi connectivity index (χ0) is 26.4. The molecule has 1 aliphatic heterocycles. The van der Waals surface area contributed by atoms with E-state index < -0.39 is 21.8 Å². The average Bonchev–Trinajstić information content (AvgIpc) is 2.88. The molecule has 1 saturated heterocycles. The summed E-state index contributed by atoms with van der Waals surface area (Å²) in [4.78, 5) is 36.3. The lowest BCUT2D eigenvalue weighted by Crippen LogP contribution is -2.39. The van der Waals surface area contributed by atoms with Crippen LogP contribution in [0.1, 0.15) is 46.7 Å². The Hall–Kier alpha value is -3.69. The number of hydrogen-bond acceptors (Lipinski definition) is 5. The summed E-state index contributed by atoms with van der Waals surface area (Å²) in [6, 6.07) is 19.7. The van der Waals surface area contributed by atoms with E-state index in [1.807, 2.05) is 12.1 Å². The lowest BCUT2D eigenvalue weighted by Gasteiger charge is -2.21. The number of carbonyl (C=O) groups is 3. The third-order valence-corrected chi connectivity index (χ3v) is 7.64. The predicted molar refractivity (Wildman–Crippen MR) is 142 cm³/mol. The van der Waals surface area contributed by atoms with Crippen LogP contribution >= 0.6 is 11.6 Å². The van der Waals surface area contributed by atoms with Crippen LogP contribution in [0.3, 0.4) is 0 Å². The maximum atomic E-state index is 13.1. The van der Waals surface area contributed by atoms with Crippen LogP contribution in [0.15, 0.2) is 77.7 Å². The molecule has 8 nitrogen and oxygen atoms in total. The van der Waals surface area contributed by atoms with Crippen LogP contribution in [-0.4, -0.2) is 32.0 Å². The summed E-state index contributed by atoms with van der Waals surface area (Å²) in [6.45, 7) is 0. The number of nitrogens with one attached hydrogen (secondary N) is 3. The monoisotopic (exact) mass is 539 g/mol. The Morgan fingerprint density at radius 2 is 1.70 bits per heavy atom. The molecule has 3 aromatic carbocycles. The van der Waals surface area contributed by atoms with Gasteiger partial charge in [0.15, 0.2) is 0 Å². The number of carbonyl (C=O) groups excluding carboxylic acids is 3. The Kier molecular flexibility index (Phi) is 8.25. The number of alkyl halides is 1. The summed E-state index contributed by atoms with van der Waals surface area (Å²) >= 11 is 5.73. The largest absolute Gasteiger partial charge is 0.322 e. The van der Waals surface area contributed by atoms with Gasteiger partial charge in [0.25, 0.3) is 15.9 Å². The van der Waals surface area contributed by atoms with Crippen molar-refractivity contribution >= 4 is 50.7 Å². The minimum Gasteiger partial charge on any atom is -0.322 e. The van der Waals surface area contributed by atoms with Crippen LogP contribution < -0.4 is 15.4 Å². The number of hydrogen-bond donors (Lipinski definition) is 3. The number of rotatable bonds is 9. The van der Waals surface area contributed by atoms with Crippen molar-refractivity contribution < 1.29 is 22.8 Å². The van der Waals surface area contributed by atoms with E-state index in [0.717, 1.165) is 18.4 Å². The maximum Gasteiger partial charge on any atom is 0.261 e. The number of piperidine rings is 1. The van der Waals surface area contributed by atoms with Crippen LogP contribution in [-0.2, 0) is 26.0 Å². The van der Waals surface area contributed by atoms with Gasteiger partial charge in [-0.2, -0.15) is 0 Å². The fourth-order valence-electron chi connectivity index (χ4n) is 4.08. The van der Waals surface area contributed by atoms with Gasteiger partial charge in [0, 0.05) is 29.2 Å². The van der Waals surface area contributed by atoms with Gasteiger partial charge in [0.1, 0.15) is 0 Å². The highest BCUT2D eigenvalue weighted by molar-refractivity contribution is 7.92. The molecule has 0 bridgehead atoms. The van der Waals surface area contributed by atoms with Gasteiger partial charge in [-0.1, -0.05) is 30.3 Å². The van der Waals surface area contributed by atoms with Crippen LogP contribution in [0, 0.1) is 0 Å². The third kappa shape index (κ3) is 6.75. The van der Waals surface area contributed by atoms with Crippen molar-refractivity contribution in [3.05, 3.63) is 89.5 Å². The quantitative estimate of drug-likeness (QED) is 0.274. The van der Waals surface area contributed by atoms with E-state index in [1.54, 1.807) is 48.5 Å². The SMILES string of the molecule is O=C1CCC(c2cccc(NS(=O)(=O)c3cccc(NC(=O)c4ccc(CCCCl)cc4)c3)c2)C(=O)N1. The normalized spacial score (nSPS) is 15.6. The first-order valence-corrected chi connectivity index (χ1v) is 13.8. The number of amides is 3. The van der Waals surface area contributed by atoms with E-state index in [-0.39, 0.29) is 28.8 Å². The van der Waals surface area contributed by atoms with Gasteiger partial charge in [0.05, 0.1) is 10.8 Å². The zero-order valence-electron chi connectivity index (χ0n) is 19.9. The summed E-state index contributed by atoms with van der Waals surface area (Å²) in [6.07, 6.45) is 2.26. The van der Waals surface area contributed by atoms with Crippen molar-refractivity contribution in [2.24, 2.45) is 0 Å². The molecule has 0 aliphatic carbocycles. The van der Waals surface area contributed by atoms with Crippen LogP contribution in [0.5, 0.6) is 0 Å². The van der Waals surface area contributed by atoms with E-state index >= 15 is 0 Å². The molecule has 0 aromatic heterocycles. The average molecular weight is 540 g/mol. The zero-order valence-corrected chi connectivity index (χ0v) is 21.4. The summed E-state index contributed by atoms with van der Waals surface area (Å²) < 4.78 is 28.7. The number of sulfonamides is 1. The lowest BCUT2D eigenvalue weighted by molar-refractivity contribution is -0.134. The van der Waals surface area contributed by atoms with Crippen LogP contribution in [0.2, 0.25) is 0 Å². The molecular formula is C27H26ClN3O5S. The Morgan fingerprint density at radius 3 is 2.43 bits per heavy atom. The van der Waals surface area contributed by atoms with E-state index in [1.165, 1.54) is 12.1 Å². The van der Waals surface area contributed by atoms with Crippen molar-refractivity contribution in [1.29, 1.82) is 0 Å². The molecule has 1 heterocycles.